The molecule has 0 aliphatic heterocycles. The van der Waals surface area contributed by atoms with Crippen LogP contribution in [0.5, 0.6) is 0 Å². The summed E-state index contributed by atoms with van der Waals surface area (Å²) in [6.45, 7) is 0.969. The van der Waals surface area contributed by atoms with Crippen molar-refractivity contribution in [2.24, 2.45) is 0 Å². The zero-order valence-electron chi connectivity index (χ0n) is 13.9. The summed E-state index contributed by atoms with van der Waals surface area (Å²) < 4.78 is 7.08. The second-order valence-electron chi connectivity index (χ2n) is 5.71. The van der Waals surface area contributed by atoms with Crippen LogP contribution in [-0.4, -0.2) is 25.6 Å². The third-order valence-corrected chi connectivity index (χ3v) is 4.80. The molecule has 3 aromatic heterocycles. The van der Waals surface area contributed by atoms with Gasteiger partial charge in [0.1, 0.15) is 18.4 Å². The SMILES string of the molecule is O=C(c1ccc(-n2cncn2)cc1)N(Cc1ccco1)Cc1cccs1. The van der Waals surface area contributed by atoms with Gasteiger partial charge in [0.15, 0.2) is 0 Å². The Balaban J connectivity index is 1.56. The Hall–Kier alpha value is -3.19. The highest BCUT2D eigenvalue weighted by atomic mass is 32.1. The Kier molecular flexibility index (Phi) is 4.61. The average molecular weight is 364 g/mol. The van der Waals surface area contributed by atoms with Crippen molar-refractivity contribution in [2.75, 3.05) is 0 Å². The second-order valence-corrected chi connectivity index (χ2v) is 6.74. The third kappa shape index (κ3) is 3.57. The molecule has 26 heavy (non-hydrogen) atoms. The highest BCUT2D eigenvalue weighted by molar-refractivity contribution is 7.09. The summed E-state index contributed by atoms with van der Waals surface area (Å²) >= 11 is 1.63. The van der Waals surface area contributed by atoms with E-state index < -0.39 is 0 Å². The maximum absolute atomic E-state index is 13.0. The molecule has 0 saturated carbocycles. The van der Waals surface area contributed by atoms with Crippen LogP contribution < -0.4 is 0 Å². The highest BCUT2D eigenvalue weighted by Crippen LogP contribution is 2.18. The monoisotopic (exact) mass is 364 g/mol. The van der Waals surface area contributed by atoms with Crippen LogP contribution in [0.25, 0.3) is 5.69 Å². The molecule has 7 heteroatoms. The van der Waals surface area contributed by atoms with Crippen LogP contribution in [0.1, 0.15) is 21.0 Å². The fourth-order valence-electron chi connectivity index (χ4n) is 2.66. The fourth-order valence-corrected chi connectivity index (χ4v) is 3.38. The Bertz CT molecular complexity index is 910. The van der Waals surface area contributed by atoms with E-state index in [1.807, 2.05) is 53.9 Å². The normalized spacial score (nSPS) is 10.8. The predicted octanol–water partition coefficient (Wildman–Crippen LogP) is 3.76. The molecule has 1 aromatic carbocycles. The number of hydrogen-bond donors (Lipinski definition) is 0. The van der Waals surface area contributed by atoms with Crippen molar-refractivity contribution in [2.45, 2.75) is 13.1 Å². The maximum atomic E-state index is 13.0. The first-order chi connectivity index (χ1) is 12.8. The number of hydrogen-bond acceptors (Lipinski definition) is 5. The van der Waals surface area contributed by atoms with E-state index in [4.69, 9.17) is 4.42 Å². The summed E-state index contributed by atoms with van der Waals surface area (Å²) in [4.78, 5) is 19.9. The van der Waals surface area contributed by atoms with Crippen LogP contribution in [0.2, 0.25) is 0 Å². The molecule has 4 rings (SSSR count). The lowest BCUT2D eigenvalue weighted by atomic mass is 10.1. The minimum absolute atomic E-state index is 0.0417. The molecule has 3 heterocycles. The van der Waals surface area contributed by atoms with Gasteiger partial charge in [0.05, 0.1) is 25.0 Å². The summed E-state index contributed by atoms with van der Waals surface area (Å²) in [7, 11) is 0. The molecule has 0 N–H and O–H groups in total. The van der Waals surface area contributed by atoms with E-state index >= 15 is 0 Å². The molecule has 0 aliphatic carbocycles. The largest absolute Gasteiger partial charge is 0.467 e. The van der Waals surface area contributed by atoms with Crippen molar-refractivity contribution in [1.82, 2.24) is 19.7 Å². The van der Waals surface area contributed by atoms with Crippen molar-refractivity contribution in [1.29, 1.82) is 0 Å². The van der Waals surface area contributed by atoms with Crippen LogP contribution in [0.15, 0.2) is 77.2 Å². The van der Waals surface area contributed by atoms with E-state index in [1.165, 1.54) is 6.33 Å². The molecule has 0 aliphatic rings. The van der Waals surface area contributed by atoms with Gasteiger partial charge in [0, 0.05) is 10.4 Å². The Morgan fingerprint density at radius 3 is 2.65 bits per heavy atom. The number of carbonyl (C=O) groups excluding carboxylic acids is 1. The van der Waals surface area contributed by atoms with Crippen LogP contribution in [0.4, 0.5) is 0 Å². The molecular formula is C19H16N4O2S. The van der Waals surface area contributed by atoms with E-state index in [0.717, 1.165) is 16.3 Å². The summed E-state index contributed by atoms with van der Waals surface area (Å²) in [6.07, 6.45) is 4.72. The maximum Gasteiger partial charge on any atom is 0.254 e. The van der Waals surface area contributed by atoms with Gasteiger partial charge in [-0.1, -0.05) is 6.07 Å². The van der Waals surface area contributed by atoms with Crippen LogP contribution in [0, 0.1) is 0 Å². The standard InChI is InChI=1S/C19H16N4O2S/c24-19(15-5-7-16(8-6-15)23-14-20-13-21-23)22(11-17-3-1-9-25-17)12-18-4-2-10-26-18/h1-10,13-14H,11-12H2. The van der Waals surface area contributed by atoms with Gasteiger partial charge in [0.25, 0.3) is 5.91 Å². The topological polar surface area (TPSA) is 64.2 Å². The molecular weight excluding hydrogens is 348 g/mol. The van der Waals surface area contributed by atoms with Gasteiger partial charge in [-0.3, -0.25) is 4.79 Å². The van der Waals surface area contributed by atoms with Crippen molar-refractivity contribution in [3.63, 3.8) is 0 Å². The zero-order chi connectivity index (χ0) is 17.8. The van der Waals surface area contributed by atoms with Crippen molar-refractivity contribution >= 4 is 17.2 Å². The lowest BCUT2D eigenvalue weighted by molar-refractivity contribution is 0.0719. The number of furan rings is 1. The summed E-state index contributed by atoms with van der Waals surface area (Å²) in [6, 6.07) is 15.1. The molecule has 0 spiro atoms. The second kappa shape index (κ2) is 7.37. The first-order valence-corrected chi connectivity index (χ1v) is 8.97. The molecule has 0 unspecified atom stereocenters. The van der Waals surface area contributed by atoms with Gasteiger partial charge < -0.3 is 9.32 Å². The Labute approximate surface area is 154 Å². The molecule has 1 amide bonds. The van der Waals surface area contributed by atoms with Crippen molar-refractivity contribution in [3.8, 4) is 5.69 Å². The van der Waals surface area contributed by atoms with Crippen LogP contribution >= 0.6 is 11.3 Å². The molecule has 0 atom stereocenters. The van der Waals surface area contributed by atoms with E-state index in [-0.39, 0.29) is 5.91 Å². The molecule has 0 bridgehead atoms. The smallest absolute Gasteiger partial charge is 0.254 e. The summed E-state index contributed by atoms with van der Waals surface area (Å²) in [5, 5.41) is 6.11. The number of benzene rings is 1. The first kappa shape index (κ1) is 16.3. The molecule has 0 radical (unpaired) electrons. The first-order valence-electron chi connectivity index (χ1n) is 8.09. The van der Waals surface area contributed by atoms with Gasteiger partial charge in [-0.2, -0.15) is 5.10 Å². The number of rotatable bonds is 6. The van der Waals surface area contributed by atoms with Crippen LogP contribution in [0.3, 0.4) is 0 Å². The number of carbonyl (C=O) groups is 1. The van der Waals surface area contributed by atoms with Gasteiger partial charge >= 0.3 is 0 Å². The summed E-state index contributed by atoms with van der Waals surface area (Å²) in [5.74, 6) is 0.717. The number of nitrogens with zero attached hydrogens (tertiary/aromatic N) is 4. The molecule has 4 aromatic rings. The molecule has 0 saturated heterocycles. The van der Waals surface area contributed by atoms with E-state index in [9.17, 15) is 4.79 Å². The number of aromatic nitrogens is 3. The molecule has 130 valence electrons. The van der Waals surface area contributed by atoms with Gasteiger partial charge in [-0.15, -0.1) is 11.3 Å². The van der Waals surface area contributed by atoms with Crippen molar-refractivity contribution < 1.29 is 9.21 Å². The third-order valence-electron chi connectivity index (χ3n) is 3.94. The summed E-state index contributed by atoms with van der Waals surface area (Å²) in [5.41, 5.74) is 1.48. The van der Waals surface area contributed by atoms with E-state index in [2.05, 4.69) is 10.1 Å². The van der Waals surface area contributed by atoms with E-state index in [1.54, 1.807) is 33.5 Å². The molecule has 0 fully saturated rings. The van der Waals surface area contributed by atoms with Crippen molar-refractivity contribution in [3.05, 3.63) is 89.0 Å². The Morgan fingerprint density at radius 2 is 2.00 bits per heavy atom. The minimum atomic E-state index is -0.0417. The van der Waals surface area contributed by atoms with Gasteiger partial charge in [-0.05, 0) is 47.8 Å². The highest BCUT2D eigenvalue weighted by Gasteiger charge is 2.18. The van der Waals surface area contributed by atoms with Gasteiger partial charge in [0.2, 0.25) is 0 Å². The number of thiophene rings is 1. The van der Waals surface area contributed by atoms with E-state index in [0.29, 0.717) is 18.7 Å². The van der Waals surface area contributed by atoms with Crippen LogP contribution in [-0.2, 0) is 13.1 Å². The molecule has 6 nitrogen and oxygen atoms in total. The minimum Gasteiger partial charge on any atom is -0.467 e. The Morgan fingerprint density at radius 1 is 1.12 bits per heavy atom. The average Bonchev–Trinajstić information content (AvgIpc) is 3.43. The fraction of sp³-hybridized carbons (Fsp3) is 0.105. The quantitative estimate of drug-likeness (QED) is 0.522. The zero-order valence-corrected chi connectivity index (χ0v) is 14.7. The lowest BCUT2D eigenvalue weighted by Gasteiger charge is -2.21. The lowest BCUT2D eigenvalue weighted by Crippen LogP contribution is -2.29. The number of amides is 1. The van der Waals surface area contributed by atoms with Gasteiger partial charge in [-0.25, -0.2) is 9.67 Å². The predicted molar refractivity (Wildman–Crippen MR) is 98.0 cm³/mol.